The Labute approximate surface area is 79.9 Å². The van der Waals surface area contributed by atoms with Crippen LogP contribution in [0.3, 0.4) is 0 Å². The summed E-state index contributed by atoms with van der Waals surface area (Å²) in [7, 11) is 1.57. The molecule has 0 aliphatic heterocycles. The van der Waals surface area contributed by atoms with E-state index >= 15 is 0 Å². The predicted octanol–water partition coefficient (Wildman–Crippen LogP) is 2.07. The van der Waals surface area contributed by atoms with Crippen molar-refractivity contribution in [1.29, 1.82) is 0 Å². The van der Waals surface area contributed by atoms with Crippen molar-refractivity contribution < 1.29 is 4.74 Å². The van der Waals surface area contributed by atoms with Gasteiger partial charge in [0.1, 0.15) is 0 Å². The van der Waals surface area contributed by atoms with E-state index < -0.39 is 0 Å². The predicted molar refractivity (Wildman–Crippen MR) is 57.2 cm³/mol. The first kappa shape index (κ1) is 8.19. The molecule has 1 aromatic carbocycles. The molecule has 2 aromatic rings. The van der Waals surface area contributed by atoms with Gasteiger partial charge in [-0.1, -0.05) is 0 Å². The van der Waals surface area contributed by atoms with Crippen LogP contribution in [0.1, 0.15) is 0 Å². The number of nitrogen functional groups attached to an aromatic ring is 2. The number of thiophene rings is 1. The second kappa shape index (κ2) is 2.81. The van der Waals surface area contributed by atoms with Crippen molar-refractivity contribution in [3.05, 3.63) is 17.5 Å². The minimum Gasteiger partial charge on any atom is -0.492 e. The molecule has 68 valence electrons. The van der Waals surface area contributed by atoms with Gasteiger partial charge >= 0.3 is 0 Å². The average Bonchev–Trinajstić information content (AvgIpc) is 2.53. The molecule has 0 atom stereocenters. The molecule has 0 saturated heterocycles. The van der Waals surface area contributed by atoms with Crippen LogP contribution < -0.4 is 16.2 Å². The Balaban J connectivity index is 2.85. The molecule has 0 unspecified atom stereocenters. The summed E-state index contributed by atoms with van der Waals surface area (Å²) in [6.07, 6.45) is 0. The number of fused-ring (bicyclic) bond motifs is 1. The van der Waals surface area contributed by atoms with Crippen molar-refractivity contribution in [2.75, 3.05) is 18.6 Å². The Bertz CT molecular complexity index is 450. The van der Waals surface area contributed by atoms with Gasteiger partial charge in [0.15, 0.2) is 5.75 Å². The molecule has 1 heterocycles. The van der Waals surface area contributed by atoms with Crippen LogP contribution in [0.4, 0.5) is 11.4 Å². The van der Waals surface area contributed by atoms with Crippen LogP contribution in [-0.2, 0) is 0 Å². The minimum absolute atomic E-state index is 0.575. The second-order valence-electron chi connectivity index (χ2n) is 2.75. The molecule has 0 saturated carbocycles. The molecule has 4 heteroatoms. The number of hydrogen-bond donors (Lipinski definition) is 2. The van der Waals surface area contributed by atoms with Crippen LogP contribution in [0, 0.1) is 0 Å². The first-order valence-corrected chi connectivity index (χ1v) is 4.71. The third kappa shape index (κ3) is 1.10. The fraction of sp³-hybridized carbons (Fsp3) is 0.111. The van der Waals surface area contributed by atoms with E-state index in [-0.39, 0.29) is 0 Å². The Morgan fingerprint density at radius 1 is 1.38 bits per heavy atom. The van der Waals surface area contributed by atoms with E-state index in [0.29, 0.717) is 17.1 Å². The van der Waals surface area contributed by atoms with Crippen LogP contribution in [0.5, 0.6) is 5.75 Å². The quantitative estimate of drug-likeness (QED) is 0.683. The van der Waals surface area contributed by atoms with Gasteiger partial charge < -0.3 is 16.2 Å². The van der Waals surface area contributed by atoms with Crippen LogP contribution in [-0.4, -0.2) is 7.11 Å². The maximum absolute atomic E-state index is 5.88. The highest BCUT2D eigenvalue weighted by Crippen LogP contribution is 2.38. The number of methoxy groups -OCH3 is 1. The van der Waals surface area contributed by atoms with Gasteiger partial charge in [0.2, 0.25) is 0 Å². The van der Waals surface area contributed by atoms with Gasteiger partial charge in [-0.05, 0) is 17.5 Å². The number of benzene rings is 1. The monoisotopic (exact) mass is 194 g/mol. The van der Waals surface area contributed by atoms with Crippen LogP contribution in [0.2, 0.25) is 0 Å². The van der Waals surface area contributed by atoms with Crippen molar-refractivity contribution in [3.63, 3.8) is 0 Å². The van der Waals surface area contributed by atoms with Gasteiger partial charge in [0.25, 0.3) is 0 Å². The lowest BCUT2D eigenvalue weighted by molar-refractivity contribution is 0.419. The molecule has 0 aliphatic rings. The Morgan fingerprint density at radius 2 is 2.15 bits per heavy atom. The molecular formula is C9H10N2OS. The van der Waals surface area contributed by atoms with E-state index in [9.17, 15) is 0 Å². The smallest absolute Gasteiger partial charge is 0.165 e. The number of rotatable bonds is 1. The normalized spacial score (nSPS) is 10.5. The van der Waals surface area contributed by atoms with E-state index in [2.05, 4.69) is 0 Å². The molecule has 0 bridgehead atoms. The van der Waals surface area contributed by atoms with Gasteiger partial charge in [-0.2, -0.15) is 0 Å². The van der Waals surface area contributed by atoms with Crippen molar-refractivity contribution in [3.8, 4) is 5.75 Å². The van der Waals surface area contributed by atoms with Crippen molar-refractivity contribution >= 4 is 32.8 Å². The number of hydrogen-bond acceptors (Lipinski definition) is 4. The maximum Gasteiger partial charge on any atom is 0.165 e. The van der Waals surface area contributed by atoms with Gasteiger partial charge in [-0.25, -0.2) is 0 Å². The second-order valence-corrected chi connectivity index (χ2v) is 3.69. The third-order valence-corrected chi connectivity index (χ3v) is 2.85. The highest BCUT2D eigenvalue weighted by Gasteiger charge is 2.09. The van der Waals surface area contributed by atoms with Crippen LogP contribution >= 0.6 is 11.3 Å². The summed E-state index contributed by atoms with van der Waals surface area (Å²) < 4.78 is 6.20. The van der Waals surface area contributed by atoms with Crippen molar-refractivity contribution in [1.82, 2.24) is 0 Å². The molecular weight excluding hydrogens is 184 g/mol. The highest BCUT2D eigenvalue weighted by molar-refractivity contribution is 7.17. The average molecular weight is 194 g/mol. The lowest BCUT2D eigenvalue weighted by atomic mass is 10.2. The van der Waals surface area contributed by atoms with Crippen LogP contribution in [0.15, 0.2) is 17.5 Å². The van der Waals surface area contributed by atoms with Gasteiger partial charge in [0, 0.05) is 10.1 Å². The standard InChI is InChI=1S/C9H10N2OS/c1-12-9-6(10)4-7-5(8(9)11)2-3-13-7/h2-4H,10-11H2,1H3. The first-order valence-electron chi connectivity index (χ1n) is 3.83. The lowest BCUT2D eigenvalue weighted by Crippen LogP contribution is -1.97. The SMILES string of the molecule is COc1c(N)cc2sccc2c1N. The van der Waals surface area contributed by atoms with E-state index in [1.54, 1.807) is 18.4 Å². The third-order valence-electron chi connectivity index (χ3n) is 1.98. The number of ether oxygens (including phenoxy) is 1. The van der Waals surface area contributed by atoms with E-state index in [1.165, 1.54) is 0 Å². The zero-order chi connectivity index (χ0) is 9.42. The fourth-order valence-corrected chi connectivity index (χ4v) is 2.22. The molecule has 0 aliphatic carbocycles. The first-order chi connectivity index (χ1) is 6.24. The van der Waals surface area contributed by atoms with Gasteiger partial charge in [0.05, 0.1) is 18.5 Å². The van der Waals surface area contributed by atoms with Gasteiger partial charge in [-0.3, -0.25) is 0 Å². The van der Waals surface area contributed by atoms with Crippen molar-refractivity contribution in [2.45, 2.75) is 0 Å². The zero-order valence-electron chi connectivity index (χ0n) is 7.20. The Hall–Kier alpha value is -1.42. The summed E-state index contributed by atoms with van der Waals surface area (Å²) in [5.41, 5.74) is 12.9. The molecule has 4 N–H and O–H groups in total. The maximum atomic E-state index is 5.88. The molecule has 3 nitrogen and oxygen atoms in total. The molecule has 0 radical (unpaired) electrons. The summed E-state index contributed by atoms with van der Waals surface area (Å²) >= 11 is 1.62. The summed E-state index contributed by atoms with van der Waals surface area (Å²) in [4.78, 5) is 0. The molecule has 0 fully saturated rings. The molecule has 0 amide bonds. The number of nitrogens with two attached hydrogens (primary N) is 2. The van der Waals surface area contributed by atoms with Crippen LogP contribution in [0.25, 0.3) is 10.1 Å². The van der Waals surface area contributed by atoms with Crippen molar-refractivity contribution in [2.24, 2.45) is 0 Å². The minimum atomic E-state index is 0.575. The summed E-state index contributed by atoms with van der Waals surface area (Å²) in [5.74, 6) is 0.575. The molecule has 2 rings (SSSR count). The topological polar surface area (TPSA) is 61.3 Å². The van der Waals surface area contributed by atoms with Gasteiger partial charge in [-0.15, -0.1) is 11.3 Å². The fourth-order valence-electron chi connectivity index (χ4n) is 1.37. The molecule has 13 heavy (non-hydrogen) atoms. The summed E-state index contributed by atoms with van der Waals surface area (Å²) in [5, 5.41) is 3.00. The summed E-state index contributed by atoms with van der Waals surface area (Å²) in [6.45, 7) is 0. The largest absolute Gasteiger partial charge is 0.492 e. The van der Waals surface area contributed by atoms with E-state index in [1.807, 2.05) is 17.5 Å². The Kier molecular flexibility index (Phi) is 1.77. The highest BCUT2D eigenvalue weighted by atomic mass is 32.1. The van der Waals surface area contributed by atoms with E-state index in [4.69, 9.17) is 16.2 Å². The number of anilines is 2. The lowest BCUT2D eigenvalue weighted by Gasteiger charge is -2.08. The summed E-state index contributed by atoms with van der Waals surface area (Å²) in [6, 6.07) is 3.85. The zero-order valence-corrected chi connectivity index (χ0v) is 8.02. The molecule has 0 spiro atoms. The Morgan fingerprint density at radius 3 is 2.85 bits per heavy atom. The van der Waals surface area contributed by atoms with E-state index in [0.717, 1.165) is 10.1 Å². The molecule has 1 aromatic heterocycles.